The number of halogens is 2. The van der Waals surface area contributed by atoms with E-state index in [1.54, 1.807) is 12.3 Å². The summed E-state index contributed by atoms with van der Waals surface area (Å²) in [6.07, 6.45) is 3.66. The van der Waals surface area contributed by atoms with Crippen molar-refractivity contribution in [3.05, 3.63) is 76.0 Å². The van der Waals surface area contributed by atoms with Crippen molar-refractivity contribution in [1.82, 2.24) is 9.55 Å². The molecule has 0 bridgehead atoms. The van der Waals surface area contributed by atoms with Crippen LogP contribution in [0.5, 0.6) is 0 Å². The first-order valence-corrected chi connectivity index (χ1v) is 8.07. The molecule has 2 N–H and O–H groups in total. The highest BCUT2D eigenvalue weighted by atomic mass is 35.5. The van der Waals surface area contributed by atoms with Gasteiger partial charge in [-0.15, -0.1) is 0 Å². The maximum absolute atomic E-state index is 6.11. The van der Waals surface area contributed by atoms with Crippen LogP contribution in [0.15, 0.2) is 54.9 Å². The van der Waals surface area contributed by atoms with Crippen LogP contribution in [0, 0.1) is 0 Å². The largest absolute Gasteiger partial charge is 0.389 e. The molecule has 0 spiro atoms. The smallest absolute Gasteiger partial charge is 0.140 e. The van der Waals surface area contributed by atoms with Crippen molar-refractivity contribution in [2.75, 3.05) is 0 Å². The lowest BCUT2D eigenvalue weighted by atomic mass is 10.1. The highest BCUT2D eigenvalue weighted by molar-refractivity contribution is 7.80. The van der Waals surface area contributed by atoms with Crippen LogP contribution in [0.1, 0.15) is 11.1 Å². The third-order valence-electron chi connectivity index (χ3n) is 3.52. The minimum Gasteiger partial charge on any atom is -0.389 e. The zero-order valence-electron chi connectivity index (χ0n) is 12.0. The molecule has 0 radical (unpaired) electrons. The Morgan fingerprint density at radius 3 is 2.65 bits per heavy atom. The van der Waals surface area contributed by atoms with Crippen molar-refractivity contribution in [1.29, 1.82) is 0 Å². The first-order chi connectivity index (χ1) is 11.1. The fourth-order valence-electron chi connectivity index (χ4n) is 2.41. The summed E-state index contributed by atoms with van der Waals surface area (Å²) in [5.41, 5.74) is 8.62. The summed E-state index contributed by atoms with van der Waals surface area (Å²) in [7, 11) is 0. The van der Waals surface area contributed by atoms with Crippen molar-refractivity contribution in [3.63, 3.8) is 0 Å². The van der Waals surface area contributed by atoms with E-state index < -0.39 is 0 Å². The molecule has 116 valence electrons. The van der Waals surface area contributed by atoms with Gasteiger partial charge in [-0.1, -0.05) is 59.7 Å². The number of aromatic nitrogens is 2. The van der Waals surface area contributed by atoms with Gasteiger partial charge in [0.05, 0.1) is 10.0 Å². The number of thiocarbonyl (C=S) groups is 1. The Labute approximate surface area is 149 Å². The Bertz CT molecular complexity index is 874. The highest BCUT2D eigenvalue weighted by Crippen LogP contribution is 2.28. The van der Waals surface area contributed by atoms with Crippen LogP contribution in [-0.4, -0.2) is 14.5 Å². The van der Waals surface area contributed by atoms with Crippen LogP contribution in [-0.2, 0) is 6.54 Å². The molecular weight excluding hydrogens is 349 g/mol. The van der Waals surface area contributed by atoms with Crippen molar-refractivity contribution in [2.45, 2.75) is 6.54 Å². The van der Waals surface area contributed by atoms with Crippen molar-refractivity contribution in [2.24, 2.45) is 5.73 Å². The molecule has 0 aliphatic heterocycles. The molecule has 3 nitrogen and oxygen atoms in total. The summed E-state index contributed by atoms with van der Waals surface area (Å²) < 4.78 is 2.02. The van der Waals surface area contributed by atoms with Gasteiger partial charge in [0.1, 0.15) is 10.8 Å². The topological polar surface area (TPSA) is 43.8 Å². The lowest BCUT2D eigenvalue weighted by Crippen LogP contribution is -2.14. The first-order valence-electron chi connectivity index (χ1n) is 6.90. The molecule has 2 aromatic carbocycles. The molecule has 0 unspecified atom stereocenters. The van der Waals surface area contributed by atoms with Gasteiger partial charge < -0.3 is 10.3 Å². The molecular formula is C17H13Cl2N3S. The molecule has 1 heterocycles. The van der Waals surface area contributed by atoms with Gasteiger partial charge >= 0.3 is 0 Å². The molecule has 1 aromatic heterocycles. The normalized spacial score (nSPS) is 10.7. The van der Waals surface area contributed by atoms with Crippen LogP contribution in [0.4, 0.5) is 0 Å². The average Bonchev–Trinajstić information content (AvgIpc) is 2.98. The van der Waals surface area contributed by atoms with E-state index in [0.717, 1.165) is 22.5 Å². The lowest BCUT2D eigenvalue weighted by molar-refractivity contribution is 0.806. The van der Waals surface area contributed by atoms with E-state index in [2.05, 4.69) is 4.98 Å². The monoisotopic (exact) mass is 361 g/mol. The number of nitrogens with zero attached hydrogens (tertiary/aromatic N) is 2. The number of hydrogen-bond acceptors (Lipinski definition) is 2. The lowest BCUT2D eigenvalue weighted by Gasteiger charge is -2.12. The predicted molar refractivity (Wildman–Crippen MR) is 99.1 cm³/mol. The van der Waals surface area contributed by atoms with Crippen LogP contribution in [0.2, 0.25) is 10.0 Å². The molecule has 0 aliphatic rings. The fraction of sp³-hybridized carbons (Fsp3) is 0.0588. The van der Waals surface area contributed by atoms with Gasteiger partial charge in [-0.05, 0) is 23.8 Å². The third-order valence-corrected chi connectivity index (χ3v) is 4.48. The van der Waals surface area contributed by atoms with Gasteiger partial charge in [-0.2, -0.15) is 0 Å². The summed E-state index contributed by atoms with van der Waals surface area (Å²) in [4.78, 5) is 4.81. The maximum Gasteiger partial charge on any atom is 0.140 e. The maximum atomic E-state index is 6.11. The Hall–Kier alpha value is -1.88. The Kier molecular flexibility index (Phi) is 4.66. The average molecular weight is 362 g/mol. The minimum atomic E-state index is 0.386. The molecule has 0 fully saturated rings. The van der Waals surface area contributed by atoms with E-state index in [4.69, 9.17) is 41.2 Å². The van der Waals surface area contributed by atoms with Gasteiger partial charge in [0.15, 0.2) is 0 Å². The Morgan fingerprint density at radius 2 is 1.91 bits per heavy atom. The van der Waals surface area contributed by atoms with Gasteiger partial charge in [0.2, 0.25) is 0 Å². The van der Waals surface area contributed by atoms with Gasteiger partial charge in [0.25, 0.3) is 0 Å². The second-order valence-electron chi connectivity index (χ2n) is 5.03. The van der Waals surface area contributed by atoms with Crippen molar-refractivity contribution in [3.8, 4) is 11.4 Å². The second kappa shape index (κ2) is 6.71. The summed E-state index contributed by atoms with van der Waals surface area (Å²) in [5.74, 6) is 0.807. The Balaban J connectivity index is 1.99. The number of hydrogen-bond donors (Lipinski definition) is 1. The number of rotatable bonds is 4. The van der Waals surface area contributed by atoms with Crippen LogP contribution >= 0.6 is 35.4 Å². The summed E-state index contributed by atoms with van der Waals surface area (Å²) in [6, 6.07) is 13.3. The molecule has 6 heteroatoms. The van der Waals surface area contributed by atoms with Crippen molar-refractivity contribution >= 4 is 40.4 Å². The number of benzene rings is 2. The SMILES string of the molecule is NC(=S)c1ccccc1Cn1ccnc1-c1ccc(Cl)c(Cl)c1. The second-order valence-corrected chi connectivity index (χ2v) is 6.28. The molecule has 23 heavy (non-hydrogen) atoms. The highest BCUT2D eigenvalue weighted by Gasteiger charge is 2.11. The molecule has 0 atom stereocenters. The molecule has 3 rings (SSSR count). The predicted octanol–water partition coefficient (Wildman–Crippen LogP) is 4.54. The standard InChI is InChI=1S/C17H13Cl2N3S/c18-14-6-5-11(9-15(14)19)17-21-7-8-22(17)10-12-3-1-2-4-13(12)16(20)23/h1-9H,10H2,(H2,20,23). The molecule has 0 saturated heterocycles. The molecule has 0 aliphatic carbocycles. The van der Waals surface area contributed by atoms with E-state index in [9.17, 15) is 0 Å². The van der Waals surface area contributed by atoms with Crippen molar-refractivity contribution < 1.29 is 0 Å². The van der Waals surface area contributed by atoms with E-state index in [-0.39, 0.29) is 0 Å². The van der Waals surface area contributed by atoms with E-state index >= 15 is 0 Å². The van der Waals surface area contributed by atoms with E-state index in [1.165, 1.54) is 0 Å². The summed E-state index contributed by atoms with van der Waals surface area (Å²) in [5, 5.41) is 1.02. The van der Waals surface area contributed by atoms with Gasteiger partial charge in [-0.25, -0.2) is 4.98 Å². The molecule has 0 saturated carbocycles. The van der Waals surface area contributed by atoms with E-state index in [1.807, 2.05) is 47.2 Å². The van der Waals surface area contributed by atoms with Crippen LogP contribution in [0.3, 0.4) is 0 Å². The first kappa shape index (κ1) is 16.0. The fourth-order valence-corrected chi connectivity index (χ4v) is 2.91. The zero-order chi connectivity index (χ0) is 16.4. The summed E-state index contributed by atoms with van der Waals surface area (Å²) in [6.45, 7) is 0.614. The number of imidazole rings is 1. The van der Waals surface area contributed by atoms with Crippen LogP contribution in [0.25, 0.3) is 11.4 Å². The minimum absolute atomic E-state index is 0.386. The quantitative estimate of drug-likeness (QED) is 0.693. The molecule has 0 amide bonds. The number of nitrogens with two attached hydrogens (primary N) is 1. The van der Waals surface area contributed by atoms with E-state index in [0.29, 0.717) is 21.6 Å². The van der Waals surface area contributed by atoms with Gasteiger partial charge in [-0.3, -0.25) is 0 Å². The van der Waals surface area contributed by atoms with Crippen LogP contribution < -0.4 is 5.73 Å². The molecule has 3 aromatic rings. The zero-order valence-corrected chi connectivity index (χ0v) is 14.4. The summed E-state index contributed by atoms with van der Waals surface area (Å²) >= 11 is 17.2. The third kappa shape index (κ3) is 3.39. The Morgan fingerprint density at radius 1 is 1.13 bits per heavy atom. The van der Waals surface area contributed by atoms with Gasteiger partial charge in [0, 0.05) is 30.1 Å².